The molecule has 1 N–H and O–H groups in total. The quantitative estimate of drug-likeness (QED) is 0.797. The third kappa shape index (κ3) is 5.33. The van der Waals surface area contributed by atoms with E-state index in [4.69, 9.17) is 4.74 Å². The SMILES string of the molecule is Cc1cccc(C)c1NC(=O)CCS(=O)(=O)c1ccc(OC(C)C)cc1. The molecule has 140 valence electrons. The number of amides is 1. The molecule has 0 saturated carbocycles. The summed E-state index contributed by atoms with van der Waals surface area (Å²) in [6.45, 7) is 7.61. The fraction of sp³-hybridized carbons (Fsp3) is 0.350. The zero-order valence-corrected chi connectivity index (χ0v) is 16.4. The van der Waals surface area contributed by atoms with E-state index in [1.807, 2.05) is 45.9 Å². The molecule has 2 aromatic carbocycles. The van der Waals surface area contributed by atoms with Crippen molar-refractivity contribution in [2.24, 2.45) is 0 Å². The van der Waals surface area contributed by atoms with E-state index in [1.165, 1.54) is 12.1 Å². The van der Waals surface area contributed by atoms with Crippen molar-refractivity contribution < 1.29 is 17.9 Å². The Kier molecular flexibility index (Phi) is 6.42. The largest absolute Gasteiger partial charge is 0.491 e. The number of para-hydroxylation sites is 1. The minimum absolute atomic E-state index is 0.0195. The van der Waals surface area contributed by atoms with Crippen molar-refractivity contribution in [2.45, 2.75) is 45.1 Å². The summed E-state index contributed by atoms with van der Waals surface area (Å²) in [6.07, 6.45) is -0.0774. The maximum Gasteiger partial charge on any atom is 0.225 e. The van der Waals surface area contributed by atoms with Crippen LogP contribution in [-0.4, -0.2) is 26.2 Å². The maximum absolute atomic E-state index is 12.4. The highest BCUT2D eigenvalue weighted by Gasteiger charge is 2.17. The van der Waals surface area contributed by atoms with Crippen LogP contribution in [0.15, 0.2) is 47.4 Å². The van der Waals surface area contributed by atoms with Gasteiger partial charge in [-0.15, -0.1) is 0 Å². The van der Waals surface area contributed by atoms with Gasteiger partial charge in [-0.2, -0.15) is 0 Å². The van der Waals surface area contributed by atoms with Crippen molar-refractivity contribution in [3.8, 4) is 5.75 Å². The standard InChI is InChI=1S/C20H25NO4S/c1-14(2)25-17-8-10-18(11-9-17)26(23,24)13-12-19(22)21-20-15(3)6-5-7-16(20)4/h5-11,14H,12-13H2,1-4H3,(H,21,22). The average Bonchev–Trinajstić information content (AvgIpc) is 2.56. The van der Waals surface area contributed by atoms with Crippen LogP contribution in [0.3, 0.4) is 0 Å². The van der Waals surface area contributed by atoms with Gasteiger partial charge in [0.05, 0.1) is 16.8 Å². The highest BCUT2D eigenvalue weighted by atomic mass is 32.2. The Labute approximate surface area is 155 Å². The first kappa shape index (κ1) is 20.0. The summed E-state index contributed by atoms with van der Waals surface area (Å²) in [5, 5.41) is 2.81. The molecular formula is C20H25NO4S. The normalized spacial score (nSPS) is 11.4. The molecule has 2 rings (SSSR count). The van der Waals surface area contributed by atoms with Crippen LogP contribution < -0.4 is 10.1 Å². The van der Waals surface area contributed by atoms with Gasteiger partial charge in [0.1, 0.15) is 5.75 Å². The van der Waals surface area contributed by atoms with Gasteiger partial charge in [-0.1, -0.05) is 18.2 Å². The van der Waals surface area contributed by atoms with E-state index in [-0.39, 0.29) is 29.1 Å². The lowest BCUT2D eigenvalue weighted by atomic mass is 10.1. The third-order valence-corrected chi connectivity index (χ3v) is 5.63. The predicted molar refractivity (Wildman–Crippen MR) is 103 cm³/mol. The molecule has 0 fully saturated rings. The zero-order valence-electron chi connectivity index (χ0n) is 15.6. The topological polar surface area (TPSA) is 72.5 Å². The molecule has 1 amide bonds. The number of hydrogen-bond donors (Lipinski definition) is 1. The van der Waals surface area contributed by atoms with E-state index in [0.717, 1.165) is 16.8 Å². The van der Waals surface area contributed by atoms with Crippen LogP contribution in [0.2, 0.25) is 0 Å². The van der Waals surface area contributed by atoms with Gasteiger partial charge in [0.15, 0.2) is 9.84 Å². The molecule has 0 aliphatic carbocycles. The zero-order chi connectivity index (χ0) is 19.3. The molecule has 0 aliphatic heterocycles. The molecular weight excluding hydrogens is 350 g/mol. The molecule has 0 aliphatic rings. The van der Waals surface area contributed by atoms with E-state index < -0.39 is 9.84 Å². The Morgan fingerprint density at radius 3 is 2.15 bits per heavy atom. The van der Waals surface area contributed by atoms with Gasteiger partial charge >= 0.3 is 0 Å². The van der Waals surface area contributed by atoms with Crippen molar-refractivity contribution in [3.63, 3.8) is 0 Å². The highest BCUT2D eigenvalue weighted by Crippen LogP contribution is 2.21. The molecule has 0 radical (unpaired) electrons. The molecule has 26 heavy (non-hydrogen) atoms. The fourth-order valence-electron chi connectivity index (χ4n) is 2.56. The molecule has 0 unspecified atom stereocenters. The molecule has 2 aromatic rings. The number of sulfone groups is 1. The molecule has 0 aromatic heterocycles. The van der Waals surface area contributed by atoms with Crippen LogP contribution >= 0.6 is 0 Å². The van der Waals surface area contributed by atoms with E-state index in [2.05, 4.69) is 5.32 Å². The second kappa shape index (κ2) is 8.36. The van der Waals surface area contributed by atoms with Crippen LogP contribution in [0, 0.1) is 13.8 Å². The Bertz CT molecular complexity index is 851. The molecule has 0 atom stereocenters. The van der Waals surface area contributed by atoms with Crippen LogP contribution in [0.1, 0.15) is 31.4 Å². The average molecular weight is 375 g/mol. The number of carbonyl (C=O) groups excluding carboxylic acids is 1. The number of rotatable bonds is 7. The lowest BCUT2D eigenvalue weighted by molar-refractivity contribution is -0.115. The number of carbonyl (C=O) groups is 1. The van der Waals surface area contributed by atoms with Crippen LogP contribution in [-0.2, 0) is 14.6 Å². The van der Waals surface area contributed by atoms with E-state index in [1.54, 1.807) is 12.1 Å². The number of ether oxygens (including phenoxy) is 1. The Morgan fingerprint density at radius 2 is 1.62 bits per heavy atom. The lowest BCUT2D eigenvalue weighted by Gasteiger charge is -2.12. The monoisotopic (exact) mass is 375 g/mol. The molecule has 0 spiro atoms. The Hall–Kier alpha value is -2.34. The highest BCUT2D eigenvalue weighted by molar-refractivity contribution is 7.91. The van der Waals surface area contributed by atoms with Crippen LogP contribution in [0.25, 0.3) is 0 Å². The number of anilines is 1. The summed E-state index contributed by atoms with van der Waals surface area (Å²) in [6, 6.07) is 12.0. The molecule has 6 heteroatoms. The van der Waals surface area contributed by atoms with Crippen molar-refractivity contribution in [1.29, 1.82) is 0 Å². The Balaban J connectivity index is 2.00. The van der Waals surface area contributed by atoms with Gasteiger partial charge in [-0.05, 0) is 63.1 Å². The number of benzene rings is 2. The summed E-state index contributed by atoms with van der Waals surface area (Å²) in [4.78, 5) is 12.4. The van der Waals surface area contributed by atoms with Crippen molar-refractivity contribution in [3.05, 3.63) is 53.6 Å². The first-order valence-electron chi connectivity index (χ1n) is 8.54. The number of aryl methyl sites for hydroxylation is 2. The molecule has 0 heterocycles. The minimum atomic E-state index is -3.53. The smallest absolute Gasteiger partial charge is 0.225 e. The summed E-state index contributed by atoms with van der Waals surface area (Å²) in [5.41, 5.74) is 2.63. The lowest BCUT2D eigenvalue weighted by Crippen LogP contribution is -2.18. The second-order valence-corrected chi connectivity index (χ2v) is 8.63. The van der Waals surface area contributed by atoms with Crippen molar-refractivity contribution >= 4 is 21.4 Å². The summed E-state index contributed by atoms with van der Waals surface area (Å²) in [7, 11) is -3.53. The Morgan fingerprint density at radius 1 is 1.04 bits per heavy atom. The summed E-state index contributed by atoms with van der Waals surface area (Å²) < 4.78 is 30.4. The van der Waals surface area contributed by atoms with E-state index in [0.29, 0.717) is 5.75 Å². The second-order valence-electron chi connectivity index (χ2n) is 6.52. The minimum Gasteiger partial charge on any atom is -0.491 e. The molecule has 5 nitrogen and oxygen atoms in total. The van der Waals surface area contributed by atoms with Crippen molar-refractivity contribution in [1.82, 2.24) is 0 Å². The first-order chi connectivity index (χ1) is 12.2. The first-order valence-corrected chi connectivity index (χ1v) is 10.2. The molecule has 0 bridgehead atoms. The van der Waals surface area contributed by atoms with Gasteiger partial charge in [0.25, 0.3) is 0 Å². The third-order valence-electron chi connectivity index (χ3n) is 3.90. The van der Waals surface area contributed by atoms with Crippen LogP contribution in [0.5, 0.6) is 5.75 Å². The van der Waals surface area contributed by atoms with E-state index >= 15 is 0 Å². The number of nitrogens with one attached hydrogen (secondary N) is 1. The van der Waals surface area contributed by atoms with Crippen molar-refractivity contribution in [2.75, 3.05) is 11.1 Å². The van der Waals surface area contributed by atoms with Gasteiger partial charge < -0.3 is 10.1 Å². The maximum atomic E-state index is 12.4. The van der Waals surface area contributed by atoms with Gasteiger partial charge in [0.2, 0.25) is 5.91 Å². The van der Waals surface area contributed by atoms with Gasteiger partial charge in [-0.25, -0.2) is 8.42 Å². The fourth-order valence-corrected chi connectivity index (χ4v) is 3.80. The van der Waals surface area contributed by atoms with Gasteiger partial charge in [0, 0.05) is 12.1 Å². The summed E-state index contributed by atoms with van der Waals surface area (Å²) >= 11 is 0. The molecule has 0 saturated heterocycles. The predicted octanol–water partition coefficient (Wildman–Crippen LogP) is 3.89. The van der Waals surface area contributed by atoms with E-state index in [9.17, 15) is 13.2 Å². The number of hydrogen-bond acceptors (Lipinski definition) is 4. The van der Waals surface area contributed by atoms with Crippen LogP contribution in [0.4, 0.5) is 5.69 Å². The summed E-state index contributed by atoms with van der Waals surface area (Å²) in [5.74, 6) is 0.0613. The van der Waals surface area contributed by atoms with Gasteiger partial charge in [-0.3, -0.25) is 4.79 Å².